The third kappa shape index (κ3) is 4.35. The van der Waals surface area contributed by atoms with Crippen molar-refractivity contribution >= 4 is 5.91 Å². The maximum atomic E-state index is 12.5. The van der Waals surface area contributed by atoms with E-state index in [-0.39, 0.29) is 11.4 Å². The van der Waals surface area contributed by atoms with Crippen LogP contribution in [0.2, 0.25) is 0 Å². The number of hydrogen-bond acceptors (Lipinski definition) is 4. The van der Waals surface area contributed by atoms with Gasteiger partial charge in [0.2, 0.25) is 0 Å². The molecule has 1 aromatic heterocycles. The first-order chi connectivity index (χ1) is 11.0. The third-order valence-electron chi connectivity index (χ3n) is 3.14. The fourth-order valence-corrected chi connectivity index (χ4v) is 2.07. The molecule has 2 N–H and O–H groups in total. The van der Waals surface area contributed by atoms with Crippen molar-refractivity contribution in [2.24, 2.45) is 0 Å². The molecule has 23 heavy (non-hydrogen) atoms. The van der Waals surface area contributed by atoms with Crippen LogP contribution in [-0.2, 0) is 0 Å². The molecule has 0 saturated carbocycles. The summed E-state index contributed by atoms with van der Waals surface area (Å²) >= 11 is 0. The Balaban J connectivity index is 2.21. The second-order valence-electron chi connectivity index (χ2n) is 4.66. The molecule has 0 bridgehead atoms. The summed E-state index contributed by atoms with van der Waals surface area (Å²) in [7, 11) is 0. The predicted octanol–water partition coefficient (Wildman–Crippen LogP) is 2.25. The first kappa shape index (κ1) is 16.6. The molecule has 0 saturated heterocycles. The molecule has 2 rings (SSSR count). The first-order valence-corrected chi connectivity index (χ1v) is 6.91. The van der Waals surface area contributed by atoms with E-state index < -0.39 is 24.1 Å². The number of rotatable bonds is 6. The van der Waals surface area contributed by atoms with Crippen LogP contribution in [0.25, 0.3) is 0 Å². The zero-order valence-corrected chi connectivity index (χ0v) is 12.3. The first-order valence-electron chi connectivity index (χ1n) is 6.91. The van der Waals surface area contributed by atoms with Crippen LogP contribution in [0.5, 0.6) is 5.75 Å². The fraction of sp³-hybridized carbons (Fsp3) is 0.267. The Labute approximate surface area is 130 Å². The van der Waals surface area contributed by atoms with Gasteiger partial charge in [0.25, 0.3) is 11.5 Å². The Bertz CT molecular complexity index is 713. The fourth-order valence-electron chi connectivity index (χ4n) is 2.07. The van der Waals surface area contributed by atoms with Gasteiger partial charge in [-0.05, 0) is 18.6 Å². The van der Waals surface area contributed by atoms with Crippen LogP contribution in [0.4, 0.5) is 8.78 Å². The molecule has 1 aromatic carbocycles. The molecule has 0 fully saturated rings. The number of nitrogens with one attached hydrogen (secondary N) is 2. The molecular formula is C15H15F2N3O3. The van der Waals surface area contributed by atoms with Gasteiger partial charge < -0.3 is 10.1 Å². The molecule has 122 valence electrons. The number of H-pyrrole nitrogens is 1. The molecule has 1 atom stereocenters. The van der Waals surface area contributed by atoms with E-state index in [0.717, 1.165) is 0 Å². The van der Waals surface area contributed by atoms with Crippen LogP contribution in [0, 0.1) is 0 Å². The predicted molar refractivity (Wildman–Crippen MR) is 78.4 cm³/mol. The number of benzene rings is 1. The highest BCUT2D eigenvalue weighted by Gasteiger charge is 2.20. The molecule has 0 spiro atoms. The summed E-state index contributed by atoms with van der Waals surface area (Å²) in [6.45, 7) is -1.16. The molecule has 1 amide bonds. The summed E-state index contributed by atoms with van der Waals surface area (Å²) in [5, 5.41) is 8.47. The van der Waals surface area contributed by atoms with E-state index in [0.29, 0.717) is 12.0 Å². The summed E-state index contributed by atoms with van der Waals surface area (Å²) in [5.41, 5.74) is 0.0349. The van der Waals surface area contributed by atoms with E-state index in [9.17, 15) is 18.4 Å². The number of aromatic nitrogens is 2. The second-order valence-corrected chi connectivity index (χ2v) is 4.66. The maximum absolute atomic E-state index is 12.5. The Hall–Kier alpha value is -2.77. The van der Waals surface area contributed by atoms with E-state index in [4.69, 9.17) is 0 Å². The van der Waals surface area contributed by atoms with Crippen LogP contribution in [-0.4, -0.2) is 22.7 Å². The molecule has 0 aliphatic rings. The summed E-state index contributed by atoms with van der Waals surface area (Å²) in [4.78, 5) is 23.1. The average molecular weight is 323 g/mol. The van der Waals surface area contributed by atoms with Crippen LogP contribution < -0.4 is 15.6 Å². The van der Waals surface area contributed by atoms with Crippen molar-refractivity contribution in [2.45, 2.75) is 26.0 Å². The van der Waals surface area contributed by atoms with Crippen LogP contribution in [0.15, 0.2) is 41.2 Å². The van der Waals surface area contributed by atoms with Crippen molar-refractivity contribution in [2.75, 3.05) is 0 Å². The van der Waals surface area contributed by atoms with Gasteiger partial charge in [-0.25, -0.2) is 5.10 Å². The highest BCUT2D eigenvalue weighted by atomic mass is 19.3. The lowest BCUT2D eigenvalue weighted by molar-refractivity contribution is -0.0506. The van der Waals surface area contributed by atoms with Gasteiger partial charge in [0.05, 0.1) is 6.04 Å². The number of hydrogen-bond donors (Lipinski definition) is 2. The standard InChI is InChI=1S/C15H15F2N3O3/c1-2-10(9-5-3-4-6-12(9)23-15(16)17)18-14(22)11-7-8-13(21)20-19-11/h3-8,10,15H,2H2,1H3,(H,18,22)(H,20,21). The molecule has 6 nitrogen and oxygen atoms in total. The highest BCUT2D eigenvalue weighted by molar-refractivity contribution is 5.92. The van der Waals surface area contributed by atoms with Gasteiger partial charge in [-0.3, -0.25) is 9.59 Å². The Morgan fingerprint density at radius 1 is 1.30 bits per heavy atom. The number of carbonyl (C=O) groups is 1. The Morgan fingerprint density at radius 2 is 2.04 bits per heavy atom. The minimum absolute atomic E-state index is 0.00378. The second kappa shape index (κ2) is 7.48. The Kier molecular flexibility index (Phi) is 5.40. The maximum Gasteiger partial charge on any atom is 0.387 e. The lowest BCUT2D eigenvalue weighted by Crippen LogP contribution is -2.30. The average Bonchev–Trinajstić information content (AvgIpc) is 2.53. The van der Waals surface area contributed by atoms with Gasteiger partial charge in [-0.2, -0.15) is 13.9 Å². The van der Waals surface area contributed by atoms with Crippen molar-refractivity contribution in [1.29, 1.82) is 0 Å². The number of para-hydroxylation sites is 1. The van der Waals surface area contributed by atoms with Gasteiger partial charge in [-0.1, -0.05) is 25.1 Å². The van der Waals surface area contributed by atoms with Crippen molar-refractivity contribution in [3.05, 3.63) is 58.0 Å². The Morgan fingerprint density at radius 3 is 2.65 bits per heavy atom. The van der Waals surface area contributed by atoms with E-state index in [2.05, 4.69) is 20.3 Å². The van der Waals surface area contributed by atoms with Crippen LogP contribution in [0.1, 0.15) is 35.4 Å². The van der Waals surface area contributed by atoms with E-state index in [1.54, 1.807) is 25.1 Å². The van der Waals surface area contributed by atoms with Gasteiger partial charge >= 0.3 is 6.61 Å². The van der Waals surface area contributed by atoms with Crippen molar-refractivity contribution in [3.8, 4) is 5.75 Å². The summed E-state index contributed by atoms with van der Waals surface area (Å²) in [6.07, 6.45) is 0.457. The molecule has 1 heterocycles. The zero-order valence-electron chi connectivity index (χ0n) is 12.3. The van der Waals surface area contributed by atoms with Gasteiger partial charge in [-0.15, -0.1) is 0 Å². The number of alkyl halides is 2. The molecule has 8 heteroatoms. The number of amides is 1. The molecular weight excluding hydrogens is 308 g/mol. The lowest BCUT2D eigenvalue weighted by atomic mass is 10.0. The third-order valence-corrected chi connectivity index (χ3v) is 3.14. The number of aromatic amines is 1. The lowest BCUT2D eigenvalue weighted by Gasteiger charge is -2.20. The molecule has 1 unspecified atom stereocenters. The topological polar surface area (TPSA) is 84.1 Å². The summed E-state index contributed by atoms with van der Waals surface area (Å²) in [5.74, 6) is -0.524. The van der Waals surface area contributed by atoms with Crippen LogP contribution in [0.3, 0.4) is 0 Å². The van der Waals surface area contributed by atoms with Gasteiger partial charge in [0, 0.05) is 11.6 Å². The van der Waals surface area contributed by atoms with E-state index >= 15 is 0 Å². The normalized spacial score (nSPS) is 12.0. The molecule has 0 aliphatic carbocycles. The largest absolute Gasteiger partial charge is 0.434 e. The monoisotopic (exact) mass is 323 g/mol. The van der Waals surface area contributed by atoms with Crippen molar-refractivity contribution in [3.63, 3.8) is 0 Å². The number of nitrogens with zero attached hydrogens (tertiary/aromatic N) is 1. The summed E-state index contributed by atoms with van der Waals surface area (Å²) in [6, 6.07) is 8.17. The summed E-state index contributed by atoms with van der Waals surface area (Å²) < 4.78 is 29.4. The van der Waals surface area contributed by atoms with E-state index in [1.165, 1.54) is 18.2 Å². The van der Waals surface area contributed by atoms with E-state index in [1.807, 2.05) is 0 Å². The molecule has 0 aliphatic heterocycles. The van der Waals surface area contributed by atoms with Crippen LogP contribution >= 0.6 is 0 Å². The SMILES string of the molecule is CCC(NC(=O)c1ccc(=O)[nH]n1)c1ccccc1OC(F)F. The number of ether oxygens (including phenoxy) is 1. The van der Waals surface area contributed by atoms with Crippen molar-refractivity contribution in [1.82, 2.24) is 15.5 Å². The highest BCUT2D eigenvalue weighted by Crippen LogP contribution is 2.28. The zero-order chi connectivity index (χ0) is 16.8. The molecule has 0 radical (unpaired) electrons. The minimum Gasteiger partial charge on any atom is -0.434 e. The minimum atomic E-state index is -2.95. The van der Waals surface area contributed by atoms with Crippen molar-refractivity contribution < 1.29 is 18.3 Å². The number of halogens is 2. The quantitative estimate of drug-likeness (QED) is 0.854. The smallest absolute Gasteiger partial charge is 0.387 e. The van der Waals surface area contributed by atoms with Gasteiger partial charge in [0.15, 0.2) is 0 Å². The number of carbonyl (C=O) groups excluding carboxylic acids is 1. The van der Waals surface area contributed by atoms with Gasteiger partial charge in [0.1, 0.15) is 11.4 Å². The molecule has 2 aromatic rings.